The van der Waals surface area contributed by atoms with Crippen LogP contribution in [0.15, 0.2) is 0 Å². The number of hydrogen-bond donors (Lipinski definition) is 0. The summed E-state index contributed by atoms with van der Waals surface area (Å²) in [5, 5.41) is 8.97. The lowest BCUT2D eigenvalue weighted by molar-refractivity contribution is 0.433. The highest BCUT2D eigenvalue weighted by atomic mass is 35.5. The molecule has 0 aromatic heterocycles. The van der Waals surface area contributed by atoms with Crippen LogP contribution < -0.4 is 0 Å². The lowest BCUT2D eigenvalue weighted by atomic mass is 10.1. The zero-order valence-corrected chi connectivity index (χ0v) is 15.2. The van der Waals surface area contributed by atoms with Crippen molar-refractivity contribution in [3.63, 3.8) is 0 Å². The van der Waals surface area contributed by atoms with E-state index in [0.717, 1.165) is 5.75 Å². The highest BCUT2D eigenvalue weighted by Gasteiger charge is 2.08. The molecule has 1 unspecified atom stereocenters. The van der Waals surface area contributed by atoms with Gasteiger partial charge in [-0.05, 0) is 26.3 Å². The molecule has 1 atom stereocenters. The van der Waals surface area contributed by atoms with Gasteiger partial charge in [-0.2, -0.15) is 5.26 Å². The fourth-order valence-corrected chi connectivity index (χ4v) is 3.05. The number of halogens is 1. The Balaban J connectivity index is 0. The number of nitrogens with zero attached hydrogens (tertiary/aromatic N) is 2. The highest BCUT2D eigenvalue weighted by Crippen LogP contribution is 2.16. The summed E-state index contributed by atoms with van der Waals surface area (Å²) >= 11 is 1.77. The van der Waals surface area contributed by atoms with E-state index in [9.17, 15) is 0 Å². The van der Waals surface area contributed by atoms with Crippen molar-refractivity contribution in [2.75, 3.05) is 19.8 Å². The van der Waals surface area contributed by atoms with Crippen LogP contribution in [0.1, 0.15) is 71.1 Å². The number of hydrogen-bond acceptors (Lipinski definition) is 3. The molecule has 0 aliphatic rings. The first-order valence-corrected chi connectivity index (χ1v) is 8.95. The molecule has 0 radical (unpaired) electrons. The van der Waals surface area contributed by atoms with Crippen LogP contribution >= 0.6 is 24.2 Å². The minimum Gasteiger partial charge on any atom is -0.286 e. The zero-order valence-electron chi connectivity index (χ0n) is 13.6. The van der Waals surface area contributed by atoms with Gasteiger partial charge in [0, 0.05) is 0 Å². The second-order valence-electron chi connectivity index (χ2n) is 5.50. The average Bonchev–Trinajstić information content (AvgIpc) is 2.40. The Labute approximate surface area is 137 Å². The van der Waals surface area contributed by atoms with Gasteiger partial charge in [-0.1, -0.05) is 64.7 Å². The predicted octanol–water partition coefficient (Wildman–Crippen LogP) is 5.47. The van der Waals surface area contributed by atoms with Crippen LogP contribution in [0.5, 0.6) is 0 Å². The van der Waals surface area contributed by atoms with Crippen LogP contribution in [-0.2, 0) is 0 Å². The number of thioether (sulfide) groups is 1. The van der Waals surface area contributed by atoms with E-state index in [4.69, 9.17) is 5.26 Å². The van der Waals surface area contributed by atoms with Crippen molar-refractivity contribution in [3.05, 3.63) is 0 Å². The van der Waals surface area contributed by atoms with Gasteiger partial charge in [0.1, 0.15) is 5.37 Å². The van der Waals surface area contributed by atoms with Gasteiger partial charge >= 0.3 is 0 Å². The average molecular weight is 321 g/mol. The molecule has 0 fully saturated rings. The van der Waals surface area contributed by atoms with E-state index in [0.29, 0.717) is 0 Å². The summed E-state index contributed by atoms with van der Waals surface area (Å²) in [4.78, 5) is 1.99. The van der Waals surface area contributed by atoms with Crippen molar-refractivity contribution in [3.8, 4) is 6.07 Å². The molecule has 0 N–H and O–H groups in total. The van der Waals surface area contributed by atoms with Crippen molar-refractivity contribution < 1.29 is 0 Å². The minimum absolute atomic E-state index is 0. The standard InChI is InChI=1S/C16H32N2S.ClH/c1-4-5-6-7-8-9-10-11-12-13-14-19-16(15-17)18(2)3;/h16H,4-14H2,1-3H3;1H. The Morgan fingerprint density at radius 3 is 1.75 bits per heavy atom. The molecule has 0 spiro atoms. The molecule has 0 saturated carbocycles. The van der Waals surface area contributed by atoms with Gasteiger partial charge in [0.25, 0.3) is 0 Å². The van der Waals surface area contributed by atoms with Crippen molar-refractivity contribution in [1.29, 1.82) is 5.26 Å². The summed E-state index contributed by atoms with van der Waals surface area (Å²) in [5.41, 5.74) is 0. The summed E-state index contributed by atoms with van der Waals surface area (Å²) in [7, 11) is 3.94. The zero-order chi connectivity index (χ0) is 14.3. The molecular formula is C16H33ClN2S. The Morgan fingerprint density at radius 2 is 1.35 bits per heavy atom. The quantitative estimate of drug-likeness (QED) is 0.332. The largest absolute Gasteiger partial charge is 0.286 e. The summed E-state index contributed by atoms with van der Waals surface area (Å²) < 4.78 is 0. The van der Waals surface area contributed by atoms with Gasteiger partial charge in [0.05, 0.1) is 6.07 Å². The molecule has 0 aromatic carbocycles. The lowest BCUT2D eigenvalue weighted by Crippen LogP contribution is -2.23. The molecule has 0 rings (SSSR count). The molecule has 0 aromatic rings. The molecule has 0 amide bonds. The smallest absolute Gasteiger partial charge is 0.144 e. The topological polar surface area (TPSA) is 27.0 Å². The first-order valence-electron chi connectivity index (χ1n) is 7.90. The SMILES string of the molecule is CCCCCCCCCCCCSC(C#N)N(C)C.Cl. The number of rotatable bonds is 13. The molecule has 0 aliphatic heterocycles. The van der Waals surface area contributed by atoms with Crippen LogP contribution in [0.3, 0.4) is 0 Å². The number of nitriles is 1. The third-order valence-electron chi connectivity index (χ3n) is 3.35. The molecule has 0 bridgehead atoms. The summed E-state index contributed by atoms with van der Waals surface area (Å²) in [5.74, 6) is 1.12. The summed E-state index contributed by atoms with van der Waals surface area (Å²) in [6, 6.07) is 2.33. The van der Waals surface area contributed by atoms with Gasteiger partial charge in [-0.25, -0.2) is 0 Å². The third kappa shape index (κ3) is 14.5. The second kappa shape index (κ2) is 17.1. The Hall–Kier alpha value is 0.0900. The van der Waals surface area contributed by atoms with Crippen molar-refractivity contribution in [1.82, 2.24) is 4.90 Å². The van der Waals surface area contributed by atoms with E-state index >= 15 is 0 Å². The van der Waals surface area contributed by atoms with Crippen LogP contribution in [0.4, 0.5) is 0 Å². The predicted molar refractivity (Wildman–Crippen MR) is 94.6 cm³/mol. The van der Waals surface area contributed by atoms with E-state index in [1.807, 2.05) is 19.0 Å². The first-order chi connectivity index (χ1) is 9.22. The molecule has 4 heteroatoms. The molecular weight excluding hydrogens is 288 g/mol. The van der Waals surface area contributed by atoms with E-state index in [-0.39, 0.29) is 17.8 Å². The first kappa shape index (κ1) is 22.4. The van der Waals surface area contributed by atoms with Crippen molar-refractivity contribution in [2.24, 2.45) is 0 Å². The Bertz CT molecular complexity index is 229. The fourth-order valence-electron chi connectivity index (χ4n) is 2.09. The second-order valence-corrected chi connectivity index (χ2v) is 6.69. The molecule has 120 valence electrons. The Kier molecular flexibility index (Phi) is 19.2. The van der Waals surface area contributed by atoms with Crippen molar-refractivity contribution >= 4 is 24.2 Å². The molecule has 2 nitrogen and oxygen atoms in total. The molecule has 0 aliphatic carbocycles. The highest BCUT2D eigenvalue weighted by molar-refractivity contribution is 8.00. The number of unbranched alkanes of at least 4 members (excludes halogenated alkanes) is 9. The summed E-state index contributed by atoms with van der Waals surface area (Å²) in [6.45, 7) is 2.27. The van der Waals surface area contributed by atoms with E-state index in [2.05, 4.69) is 13.0 Å². The lowest BCUT2D eigenvalue weighted by Gasteiger charge is -2.15. The van der Waals surface area contributed by atoms with E-state index in [1.54, 1.807) is 11.8 Å². The normalized spacial score (nSPS) is 11.9. The van der Waals surface area contributed by atoms with Crippen LogP contribution in [0.25, 0.3) is 0 Å². The third-order valence-corrected chi connectivity index (χ3v) is 4.72. The molecule has 0 heterocycles. The van der Waals surface area contributed by atoms with E-state index < -0.39 is 0 Å². The van der Waals surface area contributed by atoms with Gasteiger partial charge in [-0.3, -0.25) is 4.90 Å². The van der Waals surface area contributed by atoms with Gasteiger partial charge in [-0.15, -0.1) is 24.2 Å². The monoisotopic (exact) mass is 320 g/mol. The van der Waals surface area contributed by atoms with Crippen LogP contribution in [-0.4, -0.2) is 30.1 Å². The molecule has 0 saturated heterocycles. The van der Waals surface area contributed by atoms with E-state index in [1.165, 1.54) is 64.2 Å². The maximum Gasteiger partial charge on any atom is 0.144 e. The molecule has 20 heavy (non-hydrogen) atoms. The van der Waals surface area contributed by atoms with Gasteiger partial charge in [0.2, 0.25) is 0 Å². The van der Waals surface area contributed by atoms with Gasteiger partial charge < -0.3 is 0 Å². The minimum atomic E-state index is 0. The fraction of sp³-hybridized carbons (Fsp3) is 0.938. The van der Waals surface area contributed by atoms with Crippen LogP contribution in [0, 0.1) is 11.3 Å². The maximum atomic E-state index is 8.95. The summed E-state index contributed by atoms with van der Waals surface area (Å²) in [6.07, 6.45) is 13.8. The van der Waals surface area contributed by atoms with Crippen LogP contribution in [0.2, 0.25) is 0 Å². The maximum absolute atomic E-state index is 8.95. The van der Waals surface area contributed by atoms with Gasteiger partial charge in [0.15, 0.2) is 0 Å². The Morgan fingerprint density at radius 1 is 0.900 bits per heavy atom. The van der Waals surface area contributed by atoms with Crippen molar-refractivity contribution in [2.45, 2.75) is 76.5 Å².